The molecule has 1 fully saturated rings. The van der Waals surface area contributed by atoms with Crippen molar-refractivity contribution in [2.24, 2.45) is 13.0 Å². The van der Waals surface area contributed by atoms with Gasteiger partial charge in [0.2, 0.25) is 0 Å². The van der Waals surface area contributed by atoms with E-state index in [1.807, 2.05) is 6.07 Å². The number of rotatable bonds is 4. The Morgan fingerprint density at radius 1 is 1.35 bits per heavy atom. The third-order valence-corrected chi connectivity index (χ3v) is 4.49. The maximum absolute atomic E-state index is 5.47. The monoisotopic (exact) mass is 273 g/mol. The SMILES string of the molecule is CNC(Cc1nc2ccccc2n1C)C1CCOCC1. The van der Waals surface area contributed by atoms with Crippen LogP contribution in [0.3, 0.4) is 0 Å². The quantitative estimate of drug-likeness (QED) is 0.927. The summed E-state index contributed by atoms with van der Waals surface area (Å²) in [5.74, 6) is 1.85. The molecular formula is C16H23N3O. The van der Waals surface area contributed by atoms with E-state index in [0.717, 1.165) is 43.8 Å². The van der Waals surface area contributed by atoms with Gasteiger partial charge in [0.25, 0.3) is 0 Å². The Balaban J connectivity index is 1.81. The van der Waals surface area contributed by atoms with Gasteiger partial charge in [-0.25, -0.2) is 4.98 Å². The lowest BCUT2D eigenvalue weighted by Crippen LogP contribution is -2.39. The Hall–Kier alpha value is -1.39. The van der Waals surface area contributed by atoms with E-state index in [2.05, 4.69) is 42.2 Å². The summed E-state index contributed by atoms with van der Waals surface area (Å²) in [4.78, 5) is 4.79. The van der Waals surface area contributed by atoms with E-state index in [0.29, 0.717) is 12.0 Å². The highest BCUT2D eigenvalue weighted by molar-refractivity contribution is 5.75. The zero-order valence-electron chi connectivity index (χ0n) is 12.3. The molecule has 0 saturated carbocycles. The summed E-state index contributed by atoms with van der Waals surface area (Å²) in [5.41, 5.74) is 2.30. The molecule has 1 aromatic carbocycles. The van der Waals surface area contributed by atoms with Crippen molar-refractivity contribution >= 4 is 11.0 Å². The number of likely N-dealkylation sites (N-methyl/N-ethyl adjacent to an activating group) is 1. The maximum atomic E-state index is 5.47. The van der Waals surface area contributed by atoms with Crippen LogP contribution >= 0.6 is 0 Å². The molecule has 0 aliphatic carbocycles. The highest BCUT2D eigenvalue weighted by Crippen LogP contribution is 2.22. The van der Waals surface area contributed by atoms with E-state index in [9.17, 15) is 0 Å². The Morgan fingerprint density at radius 2 is 2.10 bits per heavy atom. The second-order valence-electron chi connectivity index (χ2n) is 5.62. The molecule has 2 heterocycles. The smallest absolute Gasteiger partial charge is 0.111 e. The van der Waals surface area contributed by atoms with Gasteiger partial charge in [0.1, 0.15) is 5.82 Å². The zero-order valence-corrected chi connectivity index (χ0v) is 12.3. The van der Waals surface area contributed by atoms with E-state index < -0.39 is 0 Å². The molecule has 1 unspecified atom stereocenters. The molecule has 3 rings (SSSR count). The van der Waals surface area contributed by atoms with Crippen LogP contribution in [0.1, 0.15) is 18.7 Å². The lowest BCUT2D eigenvalue weighted by atomic mass is 9.89. The van der Waals surface area contributed by atoms with Crippen LogP contribution in [0.25, 0.3) is 11.0 Å². The average molecular weight is 273 g/mol. The van der Waals surface area contributed by atoms with Crippen molar-refractivity contribution in [1.82, 2.24) is 14.9 Å². The molecule has 1 saturated heterocycles. The number of ether oxygens (including phenoxy) is 1. The van der Waals surface area contributed by atoms with Gasteiger partial charge in [-0.2, -0.15) is 0 Å². The largest absolute Gasteiger partial charge is 0.381 e. The summed E-state index contributed by atoms with van der Waals surface area (Å²) in [6, 6.07) is 8.82. The number of imidazole rings is 1. The van der Waals surface area contributed by atoms with E-state index in [1.165, 1.54) is 5.52 Å². The molecule has 108 valence electrons. The van der Waals surface area contributed by atoms with Crippen molar-refractivity contribution in [3.63, 3.8) is 0 Å². The van der Waals surface area contributed by atoms with Gasteiger partial charge in [0, 0.05) is 32.7 Å². The zero-order chi connectivity index (χ0) is 13.9. The molecule has 1 atom stereocenters. The van der Waals surface area contributed by atoms with Gasteiger partial charge in [0.15, 0.2) is 0 Å². The van der Waals surface area contributed by atoms with E-state index in [1.54, 1.807) is 0 Å². The number of benzene rings is 1. The van der Waals surface area contributed by atoms with Crippen molar-refractivity contribution in [3.8, 4) is 0 Å². The molecule has 1 aliphatic heterocycles. The Bertz CT molecular complexity index is 572. The second-order valence-corrected chi connectivity index (χ2v) is 5.62. The van der Waals surface area contributed by atoms with Crippen LogP contribution in [-0.2, 0) is 18.2 Å². The van der Waals surface area contributed by atoms with Crippen molar-refractivity contribution in [2.45, 2.75) is 25.3 Å². The first-order valence-electron chi connectivity index (χ1n) is 7.45. The number of nitrogens with zero attached hydrogens (tertiary/aromatic N) is 2. The number of hydrogen-bond donors (Lipinski definition) is 1. The van der Waals surface area contributed by atoms with Crippen molar-refractivity contribution in [1.29, 1.82) is 0 Å². The third kappa shape index (κ3) is 2.58. The minimum absolute atomic E-state index is 0.481. The average Bonchev–Trinajstić information content (AvgIpc) is 2.82. The Labute approximate surface area is 120 Å². The molecule has 1 N–H and O–H groups in total. The standard InChI is InChI=1S/C16H23N3O/c1-17-14(12-7-9-20-10-8-12)11-16-18-13-5-3-4-6-15(13)19(16)2/h3-6,12,14,17H,7-11H2,1-2H3. The fourth-order valence-electron chi connectivity index (χ4n) is 3.20. The van der Waals surface area contributed by atoms with Crippen molar-refractivity contribution in [3.05, 3.63) is 30.1 Å². The first-order valence-corrected chi connectivity index (χ1v) is 7.45. The summed E-state index contributed by atoms with van der Waals surface area (Å²) in [6.45, 7) is 1.79. The third-order valence-electron chi connectivity index (χ3n) is 4.49. The fraction of sp³-hybridized carbons (Fsp3) is 0.562. The number of fused-ring (bicyclic) bond motifs is 1. The predicted molar refractivity (Wildman–Crippen MR) is 80.8 cm³/mol. The van der Waals surface area contributed by atoms with Crippen LogP contribution in [0, 0.1) is 5.92 Å². The number of para-hydroxylation sites is 2. The van der Waals surface area contributed by atoms with Crippen LogP contribution in [0.15, 0.2) is 24.3 Å². The summed E-state index contributed by atoms with van der Waals surface area (Å²) in [5, 5.41) is 3.48. The number of nitrogens with one attached hydrogen (secondary N) is 1. The molecule has 1 aliphatic rings. The minimum Gasteiger partial charge on any atom is -0.381 e. The Kier molecular flexibility index (Phi) is 4.03. The number of aromatic nitrogens is 2. The molecule has 4 nitrogen and oxygen atoms in total. The van der Waals surface area contributed by atoms with E-state index in [4.69, 9.17) is 9.72 Å². The van der Waals surface area contributed by atoms with Gasteiger partial charge < -0.3 is 14.6 Å². The van der Waals surface area contributed by atoms with E-state index in [-0.39, 0.29) is 0 Å². The molecule has 0 radical (unpaired) electrons. The maximum Gasteiger partial charge on any atom is 0.111 e. The van der Waals surface area contributed by atoms with Crippen LogP contribution in [0.5, 0.6) is 0 Å². The first-order chi connectivity index (χ1) is 9.79. The van der Waals surface area contributed by atoms with Crippen LogP contribution in [0.4, 0.5) is 0 Å². The van der Waals surface area contributed by atoms with E-state index >= 15 is 0 Å². The van der Waals surface area contributed by atoms with Crippen LogP contribution < -0.4 is 5.32 Å². The molecule has 1 aromatic heterocycles. The lowest BCUT2D eigenvalue weighted by Gasteiger charge is -2.29. The van der Waals surface area contributed by atoms with Crippen molar-refractivity contribution < 1.29 is 4.74 Å². The van der Waals surface area contributed by atoms with Gasteiger partial charge in [-0.15, -0.1) is 0 Å². The lowest BCUT2D eigenvalue weighted by molar-refractivity contribution is 0.0544. The minimum atomic E-state index is 0.481. The van der Waals surface area contributed by atoms with Crippen LogP contribution in [0.2, 0.25) is 0 Å². The molecule has 20 heavy (non-hydrogen) atoms. The molecule has 0 amide bonds. The summed E-state index contributed by atoms with van der Waals surface area (Å²) >= 11 is 0. The number of hydrogen-bond acceptors (Lipinski definition) is 3. The van der Waals surface area contributed by atoms with Crippen LogP contribution in [-0.4, -0.2) is 35.9 Å². The molecular weight excluding hydrogens is 250 g/mol. The number of aryl methyl sites for hydroxylation is 1. The second kappa shape index (κ2) is 5.94. The predicted octanol–water partition coefficient (Wildman–Crippen LogP) is 2.13. The van der Waals surface area contributed by atoms with Crippen molar-refractivity contribution in [2.75, 3.05) is 20.3 Å². The van der Waals surface area contributed by atoms with Gasteiger partial charge >= 0.3 is 0 Å². The summed E-state index contributed by atoms with van der Waals surface area (Å²) < 4.78 is 7.69. The normalized spacial score (nSPS) is 18.5. The first kappa shape index (κ1) is 13.6. The summed E-state index contributed by atoms with van der Waals surface area (Å²) in [7, 11) is 4.17. The Morgan fingerprint density at radius 3 is 2.80 bits per heavy atom. The fourth-order valence-corrected chi connectivity index (χ4v) is 3.20. The van der Waals surface area contributed by atoms with Gasteiger partial charge in [-0.1, -0.05) is 12.1 Å². The molecule has 4 heteroatoms. The highest BCUT2D eigenvalue weighted by Gasteiger charge is 2.24. The summed E-state index contributed by atoms with van der Waals surface area (Å²) in [6.07, 6.45) is 3.28. The molecule has 2 aromatic rings. The van der Waals surface area contributed by atoms with Gasteiger partial charge in [0.05, 0.1) is 11.0 Å². The molecule has 0 bridgehead atoms. The van der Waals surface area contributed by atoms with Gasteiger partial charge in [-0.05, 0) is 37.9 Å². The topological polar surface area (TPSA) is 39.1 Å². The molecule has 0 spiro atoms. The highest BCUT2D eigenvalue weighted by atomic mass is 16.5. The van der Waals surface area contributed by atoms with Gasteiger partial charge in [-0.3, -0.25) is 0 Å².